The average Bonchev–Trinajstić information content (AvgIpc) is 3.07. The van der Waals surface area contributed by atoms with Gasteiger partial charge in [-0.2, -0.15) is 0 Å². The molecule has 1 aromatic rings. The molecule has 0 amide bonds. The maximum absolute atomic E-state index is 15.1. The fourth-order valence-corrected chi connectivity index (χ4v) is 7.25. The Hall–Kier alpha value is -0.990. The molecule has 0 spiro atoms. The van der Waals surface area contributed by atoms with Gasteiger partial charge in [-0.05, 0) is 104 Å². The number of halogens is 3. The normalized spacial score (nSPS) is 32.2. The number of fused-ring (bicyclic) bond motifs is 1. The van der Waals surface area contributed by atoms with Crippen LogP contribution < -0.4 is 0 Å². The van der Waals surface area contributed by atoms with Crippen LogP contribution in [0.3, 0.4) is 0 Å². The highest BCUT2D eigenvalue weighted by molar-refractivity contribution is 5.38. The number of hydrogen-bond acceptors (Lipinski definition) is 0. The monoisotopic (exact) mass is 450 g/mol. The van der Waals surface area contributed by atoms with Crippen LogP contribution >= 0.6 is 0 Å². The van der Waals surface area contributed by atoms with Gasteiger partial charge in [-0.1, -0.05) is 53.7 Å². The molecule has 4 rings (SSSR count). The van der Waals surface area contributed by atoms with Crippen LogP contribution in [0.5, 0.6) is 0 Å². The molecular weight excluding hydrogens is 405 g/mol. The summed E-state index contributed by atoms with van der Waals surface area (Å²) in [6.45, 7) is 13.6. The van der Waals surface area contributed by atoms with Gasteiger partial charge in [-0.15, -0.1) is 0 Å². The SMILES string of the molecule is CC.CC(C)C1CCC(C(C)(C)C2CCC(C3Cc4cccc(F)c4C3(F)F)CC2)CC1. The van der Waals surface area contributed by atoms with Crippen molar-refractivity contribution in [1.82, 2.24) is 0 Å². The summed E-state index contributed by atoms with van der Waals surface area (Å²) >= 11 is 0. The van der Waals surface area contributed by atoms with Gasteiger partial charge in [-0.25, -0.2) is 13.2 Å². The minimum Gasteiger partial charge on any atom is -0.206 e. The van der Waals surface area contributed by atoms with Crippen molar-refractivity contribution in [3.05, 3.63) is 35.1 Å². The van der Waals surface area contributed by atoms with Crippen LogP contribution in [0.15, 0.2) is 18.2 Å². The largest absolute Gasteiger partial charge is 0.279 e. The molecule has 0 aromatic heterocycles. The summed E-state index contributed by atoms with van der Waals surface area (Å²) in [5.41, 5.74) is 0.494. The molecule has 0 heterocycles. The number of rotatable bonds is 4. The van der Waals surface area contributed by atoms with Crippen LogP contribution in [-0.4, -0.2) is 0 Å². The zero-order chi connectivity index (χ0) is 23.7. The van der Waals surface area contributed by atoms with E-state index in [0.29, 0.717) is 23.3 Å². The van der Waals surface area contributed by atoms with Crippen molar-refractivity contribution in [2.24, 2.45) is 40.9 Å². The lowest BCUT2D eigenvalue weighted by Gasteiger charge is -2.48. The molecule has 3 aliphatic rings. The third-order valence-electron chi connectivity index (χ3n) is 9.50. The predicted octanol–water partition coefficient (Wildman–Crippen LogP) is 9.41. The zero-order valence-corrected chi connectivity index (χ0v) is 21.2. The highest BCUT2D eigenvalue weighted by atomic mass is 19.3. The lowest BCUT2D eigenvalue weighted by molar-refractivity contribution is -0.0883. The van der Waals surface area contributed by atoms with Crippen molar-refractivity contribution in [2.45, 2.75) is 105 Å². The molecule has 0 nitrogen and oxygen atoms in total. The molecule has 3 aliphatic carbocycles. The topological polar surface area (TPSA) is 0 Å². The van der Waals surface area contributed by atoms with Gasteiger partial charge < -0.3 is 0 Å². The minimum absolute atomic E-state index is 0.00975. The molecule has 2 fully saturated rings. The second-order valence-corrected chi connectivity index (χ2v) is 11.5. The Balaban J connectivity index is 0.00000141. The molecule has 3 heteroatoms. The van der Waals surface area contributed by atoms with E-state index >= 15 is 8.78 Å². The van der Waals surface area contributed by atoms with Crippen molar-refractivity contribution in [3.63, 3.8) is 0 Å². The van der Waals surface area contributed by atoms with Crippen LogP contribution in [0.25, 0.3) is 0 Å². The smallest absolute Gasteiger partial charge is 0.206 e. The quantitative estimate of drug-likeness (QED) is 0.428. The molecule has 1 unspecified atom stereocenters. The van der Waals surface area contributed by atoms with Crippen molar-refractivity contribution in [3.8, 4) is 0 Å². The first-order chi connectivity index (χ1) is 15.1. The highest BCUT2D eigenvalue weighted by Crippen LogP contribution is 2.56. The summed E-state index contributed by atoms with van der Waals surface area (Å²) in [7, 11) is 0. The van der Waals surface area contributed by atoms with E-state index < -0.39 is 17.7 Å². The molecule has 0 radical (unpaired) electrons. The Morgan fingerprint density at radius 2 is 1.41 bits per heavy atom. The van der Waals surface area contributed by atoms with Crippen LogP contribution in [0.2, 0.25) is 0 Å². The molecule has 0 saturated heterocycles. The maximum atomic E-state index is 15.1. The van der Waals surface area contributed by atoms with E-state index in [4.69, 9.17) is 0 Å². The molecular formula is C29H45F3. The summed E-state index contributed by atoms with van der Waals surface area (Å²) in [5.74, 6) is -1.42. The predicted molar refractivity (Wildman–Crippen MR) is 128 cm³/mol. The minimum atomic E-state index is -3.02. The molecule has 1 aromatic carbocycles. The van der Waals surface area contributed by atoms with Crippen LogP contribution in [0, 0.1) is 46.7 Å². The van der Waals surface area contributed by atoms with E-state index in [0.717, 1.165) is 43.4 Å². The third-order valence-corrected chi connectivity index (χ3v) is 9.50. The summed E-state index contributed by atoms with van der Waals surface area (Å²) < 4.78 is 44.4. The summed E-state index contributed by atoms with van der Waals surface area (Å²) in [6.07, 6.45) is 9.50. The van der Waals surface area contributed by atoms with Crippen LogP contribution in [0.1, 0.15) is 104 Å². The fourth-order valence-electron chi connectivity index (χ4n) is 7.25. The first kappa shape index (κ1) is 25.6. The standard InChI is InChI=1S/C27H39F3.C2H6/c1-17(2)18-8-12-21(13-9-18)26(3,4)22-14-10-19(11-15-22)23-16-20-6-5-7-24(28)25(20)27(23,29)30;1-2/h5-7,17-19,21-23H,8-16H2,1-4H3;1-2H3. The lowest BCUT2D eigenvalue weighted by atomic mass is 9.58. The molecule has 0 N–H and O–H groups in total. The Morgan fingerprint density at radius 1 is 0.875 bits per heavy atom. The number of benzene rings is 1. The first-order valence-corrected chi connectivity index (χ1v) is 13.3. The van der Waals surface area contributed by atoms with Gasteiger partial charge in [0.25, 0.3) is 5.92 Å². The van der Waals surface area contributed by atoms with Gasteiger partial charge >= 0.3 is 0 Å². The zero-order valence-electron chi connectivity index (χ0n) is 21.2. The van der Waals surface area contributed by atoms with E-state index in [2.05, 4.69) is 27.7 Å². The van der Waals surface area contributed by atoms with Crippen molar-refractivity contribution in [1.29, 1.82) is 0 Å². The average molecular weight is 451 g/mol. The molecule has 32 heavy (non-hydrogen) atoms. The fraction of sp³-hybridized carbons (Fsp3) is 0.793. The molecule has 1 atom stereocenters. The third kappa shape index (κ3) is 4.78. The second-order valence-electron chi connectivity index (χ2n) is 11.5. The summed E-state index contributed by atoms with van der Waals surface area (Å²) in [4.78, 5) is 0. The van der Waals surface area contributed by atoms with E-state index in [1.807, 2.05) is 13.8 Å². The second kappa shape index (κ2) is 10.1. The van der Waals surface area contributed by atoms with E-state index in [-0.39, 0.29) is 11.5 Å². The summed E-state index contributed by atoms with van der Waals surface area (Å²) in [6, 6.07) is 4.44. The van der Waals surface area contributed by atoms with E-state index in [1.165, 1.54) is 31.7 Å². The number of alkyl halides is 2. The number of hydrogen-bond donors (Lipinski definition) is 0. The van der Waals surface area contributed by atoms with Gasteiger partial charge in [0.2, 0.25) is 0 Å². The molecule has 182 valence electrons. The maximum Gasteiger partial charge on any atom is 0.279 e. The lowest BCUT2D eigenvalue weighted by Crippen LogP contribution is -2.39. The van der Waals surface area contributed by atoms with Crippen molar-refractivity contribution < 1.29 is 13.2 Å². The van der Waals surface area contributed by atoms with E-state index in [1.54, 1.807) is 12.1 Å². The van der Waals surface area contributed by atoms with Crippen LogP contribution in [0.4, 0.5) is 13.2 Å². The molecule has 0 aliphatic heterocycles. The van der Waals surface area contributed by atoms with Gasteiger partial charge in [-0.3, -0.25) is 0 Å². The van der Waals surface area contributed by atoms with Crippen molar-refractivity contribution >= 4 is 0 Å². The molecule has 2 saturated carbocycles. The van der Waals surface area contributed by atoms with Gasteiger partial charge in [0.1, 0.15) is 5.82 Å². The van der Waals surface area contributed by atoms with E-state index in [9.17, 15) is 4.39 Å². The van der Waals surface area contributed by atoms with Crippen molar-refractivity contribution in [2.75, 3.05) is 0 Å². The Kier molecular flexibility index (Phi) is 8.09. The first-order valence-electron chi connectivity index (χ1n) is 13.3. The van der Waals surface area contributed by atoms with Gasteiger partial charge in [0.15, 0.2) is 0 Å². The summed E-state index contributed by atoms with van der Waals surface area (Å²) in [5, 5.41) is 0. The van der Waals surface area contributed by atoms with Gasteiger partial charge in [0, 0.05) is 5.92 Å². The van der Waals surface area contributed by atoms with Crippen LogP contribution in [-0.2, 0) is 12.3 Å². The Bertz CT molecular complexity index is 735. The molecule has 0 bridgehead atoms. The Labute approximate surface area is 194 Å². The Morgan fingerprint density at radius 3 is 1.91 bits per heavy atom. The highest BCUT2D eigenvalue weighted by Gasteiger charge is 2.54. The van der Waals surface area contributed by atoms with Gasteiger partial charge in [0.05, 0.1) is 5.56 Å².